The number of hydrogen-bond acceptors (Lipinski definition) is 3. The zero-order valence-electron chi connectivity index (χ0n) is 9.40. The third kappa shape index (κ3) is 2.95. The summed E-state index contributed by atoms with van der Waals surface area (Å²) >= 11 is 0. The van der Waals surface area contributed by atoms with Gasteiger partial charge < -0.3 is 15.5 Å². The first kappa shape index (κ1) is 11.5. The van der Waals surface area contributed by atoms with Crippen molar-refractivity contribution in [3.05, 3.63) is 24.3 Å². The minimum atomic E-state index is 0.0258. The van der Waals surface area contributed by atoms with Crippen LogP contribution in [0.4, 0.5) is 11.4 Å². The van der Waals surface area contributed by atoms with Crippen molar-refractivity contribution in [2.75, 3.05) is 38.3 Å². The predicted molar refractivity (Wildman–Crippen MR) is 62.8 cm³/mol. The van der Waals surface area contributed by atoms with Crippen LogP contribution in [0.25, 0.3) is 0 Å². The number of rotatable bonds is 3. The number of amides is 1. The van der Waals surface area contributed by atoms with Crippen LogP contribution >= 0.6 is 0 Å². The maximum atomic E-state index is 11.7. The first-order chi connectivity index (χ1) is 7.02. The van der Waals surface area contributed by atoms with E-state index in [1.54, 1.807) is 18.0 Å². The summed E-state index contributed by atoms with van der Waals surface area (Å²) < 4.78 is 0. The number of carbonyl (C=O) groups is 1. The summed E-state index contributed by atoms with van der Waals surface area (Å²) in [5, 5.41) is 0. The molecule has 0 atom stereocenters. The number of nitrogens with two attached hydrogens (primary N) is 1. The normalized spacial score (nSPS) is 10.4. The second kappa shape index (κ2) is 4.79. The summed E-state index contributed by atoms with van der Waals surface area (Å²) in [5.74, 6) is 0.0258. The van der Waals surface area contributed by atoms with E-state index in [1.165, 1.54) is 0 Å². The minimum Gasteiger partial charge on any atom is -0.397 e. The van der Waals surface area contributed by atoms with Gasteiger partial charge in [-0.2, -0.15) is 0 Å². The van der Waals surface area contributed by atoms with Crippen LogP contribution in [-0.2, 0) is 4.79 Å². The molecule has 0 bridgehead atoms. The number of nitrogen functional groups attached to an aromatic ring is 1. The molecule has 0 heterocycles. The van der Waals surface area contributed by atoms with Crippen LogP contribution in [0.15, 0.2) is 24.3 Å². The van der Waals surface area contributed by atoms with Crippen molar-refractivity contribution in [3.8, 4) is 0 Å². The lowest BCUT2D eigenvalue weighted by Crippen LogP contribution is -2.35. The van der Waals surface area contributed by atoms with Gasteiger partial charge in [-0.25, -0.2) is 0 Å². The first-order valence-corrected chi connectivity index (χ1v) is 4.78. The number of benzene rings is 1. The standard InChI is InChI=1S/C11H17N3O/c1-13(2)8-11(15)14(3)10-7-5-4-6-9(10)12/h4-7H,8,12H2,1-3H3. The first-order valence-electron chi connectivity index (χ1n) is 4.78. The molecule has 0 fully saturated rings. The Kier molecular flexibility index (Phi) is 3.68. The third-order valence-corrected chi connectivity index (χ3v) is 2.12. The molecule has 0 saturated carbocycles. The Bertz CT molecular complexity index is 349. The highest BCUT2D eigenvalue weighted by molar-refractivity contribution is 5.96. The molecule has 1 aromatic rings. The fourth-order valence-electron chi connectivity index (χ4n) is 1.30. The Morgan fingerprint density at radius 1 is 1.27 bits per heavy atom. The summed E-state index contributed by atoms with van der Waals surface area (Å²) in [7, 11) is 5.46. The van der Waals surface area contributed by atoms with Crippen LogP contribution < -0.4 is 10.6 Å². The van der Waals surface area contributed by atoms with E-state index in [0.29, 0.717) is 12.2 Å². The summed E-state index contributed by atoms with van der Waals surface area (Å²) in [6, 6.07) is 7.34. The molecule has 0 aliphatic rings. The van der Waals surface area contributed by atoms with Gasteiger partial charge in [0.25, 0.3) is 0 Å². The lowest BCUT2D eigenvalue weighted by Gasteiger charge is -2.20. The second-order valence-corrected chi connectivity index (χ2v) is 3.75. The Hall–Kier alpha value is -1.55. The zero-order valence-corrected chi connectivity index (χ0v) is 9.40. The SMILES string of the molecule is CN(C)CC(=O)N(C)c1ccccc1N. The van der Waals surface area contributed by atoms with Gasteiger partial charge in [-0.1, -0.05) is 12.1 Å². The number of anilines is 2. The molecule has 0 spiro atoms. The van der Waals surface area contributed by atoms with E-state index in [9.17, 15) is 4.79 Å². The molecule has 1 aromatic carbocycles. The quantitative estimate of drug-likeness (QED) is 0.746. The Morgan fingerprint density at radius 3 is 2.40 bits per heavy atom. The van der Waals surface area contributed by atoms with Crippen molar-refractivity contribution in [1.29, 1.82) is 0 Å². The van der Waals surface area contributed by atoms with Crippen molar-refractivity contribution in [2.45, 2.75) is 0 Å². The molecule has 1 rings (SSSR count). The number of hydrogen-bond donors (Lipinski definition) is 1. The van der Waals surface area contributed by atoms with Gasteiger partial charge in [0, 0.05) is 7.05 Å². The Labute approximate surface area is 90.3 Å². The average Bonchev–Trinajstić information content (AvgIpc) is 2.16. The maximum Gasteiger partial charge on any atom is 0.240 e. The molecule has 1 amide bonds. The van der Waals surface area contributed by atoms with Crippen LogP contribution in [0.1, 0.15) is 0 Å². The van der Waals surface area contributed by atoms with Crippen LogP contribution in [0.3, 0.4) is 0 Å². The second-order valence-electron chi connectivity index (χ2n) is 3.75. The van der Waals surface area contributed by atoms with Gasteiger partial charge in [-0.05, 0) is 26.2 Å². The van der Waals surface area contributed by atoms with Crippen molar-refractivity contribution in [1.82, 2.24) is 4.90 Å². The van der Waals surface area contributed by atoms with Gasteiger partial charge in [-0.3, -0.25) is 4.79 Å². The monoisotopic (exact) mass is 207 g/mol. The van der Waals surface area contributed by atoms with Gasteiger partial charge in [0.05, 0.1) is 17.9 Å². The van der Waals surface area contributed by atoms with E-state index >= 15 is 0 Å². The van der Waals surface area contributed by atoms with E-state index in [1.807, 2.05) is 37.2 Å². The van der Waals surface area contributed by atoms with Gasteiger partial charge >= 0.3 is 0 Å². The van der Waals surface area contributed by atoms with Crippen LogP contribution in [0.2, 0.25) is 0 Å². The highest BCUT2D eigenvalue weighted by Crippen LogP contribution is 2.20. The molecular formula is C11H17N3O. The van der Waals surface area contributed by atoms with E-state index in [2.05, 4.69) is 0 Å². The molecule has 4 nitrogen and oxygen atoms in total. The van der Waals surface area contributed by atoms with E-state index < -0.39 is 0 Å². The molecule has 0 radical (unpaired) electrons. The molecule has 0 aromatic heterocycles. The zero-order chi connectivity index (χ0) is 11.4. The molecule has 2 N–H and O–H groups in total. The summed E-state index contributed by atoms with van der Waals surface area (Å²) in [6.45, 7) is 0.380. The van der Waals surface area contributed by atoms with Crippen LogP contribution in [-0.4, -0.2) is 38.5 Å². The lowest BCUT2D eigenvalue weighted by molar-refractivity contribution is -0.118. The van der Waals surface area contributed by atoms with E-state index in [0.717, 1.165) is 5.69 Å². The number of carbonyl (C=O) groups excluding carboxylic acids is 1. The number of para-hydroxylation sites is 2. The van der Waals surface area contributed by atoms with Crippen molar-refractivity contribution < 1.29 is 4.79 Å². The van der Waals surface area contributed by atoms with Gasteiger partial charge in [0.1, 0.15) is 0 Å². The molecular weight excluding hydrogens is 190 g/mol. The molecule has 0 unspecified atom stereocenters. The molecule has 15 heavy (non-hydrogen) atoms. The fraction of sp³-hybridized carbons (Fsp3) is 0.364. The van der Waals surface area contributed by atoms with E-state index in [-0.39, 0.29) is 5.91 Å². The molecule has 0 saturated heterocycles. The Morgan fingerprint density at radius 2 is 1.87 bits per heavy atom. The number of likely N-dealkylation sites (N-methyl/N-ethyl adjacent to an activating group) is 2. The van der Waals surface area contributed by atoms with Crippen LogP contribution in [0.5, 0.6) is 0 Å². The predicted octanol–water partition coefficient (Wildman–Crippen LogP) is 0.793. The van der Waals surface area contributed by atoms with Gasteiger partial charge in [0.2, 0.25) is 5.91 Å². The van der Waals surface area contributed by atoms with Crippen molar-refractivity contribution >= 4 is 17.3 Å². The Balaban J connectivity index is 2.81. The van der Waals surface area contributed by atoms with E-state index in [4.69, 9.17) is 5.73 Å². The topological polar surface area (TPSA) is 49.6 Å². The lowest BCUT2D eigenvalue weighted by atomic mass is 10.2. The third-order valence-electron chi connectivity index (χ3n) is 2.12. The summed E-state index contributed by atoms with van der Waals surface area (Å²) in [6.07, 6.45) is 0. The minimum absolute atomic E-state index is 0.0258. The summed E-state index contributed by atoms with van der Waals surface area (Å²) in [4.78, 5) is 15.1. The largest absolute Gasteiger partial charge is 0.397 e. The maximum absolute atomic E-state index is 11.7. The molecule has 82 valence electrons. The summed E-state index contributed by atoms with van der Waals surface area (Å²) in [5.41, 5.74) is 7.15. The molecule has 0 aliphatic heterocycles. The van der Waals surface area contributed by atoms with Crippen molar-refractivity contribution in [2.24, 2.45) is 0 Å². The fourth-order valence-corrected chi connectivity index (χ4v) is 1.30. The number of nitrogens with zero attached hydrogens (tertiary/aromatic N) is 2. The van der Waals surface area contributed by atoms with Crippen molar-refractivity contribution in [3.63, 3.8) is 0 Å². The molecule has 4 heteroatoms. The highest BCUT2D eigenvalue weighted by Gasteiger charge is 2.13. The van der Waals surface area contributed by atoms with Gasteiger partial charge in [-0.15, -0.1) is 0 Å². The van der Waals surface area contributed by atoms with Crippen LogP contribution in [0, 0.1) is 0 Å². The smallest absolute Gasteiger partial charge is 0.240 e. The van der Waals surface area contributed by atoms with Gasteiger partial charge in [0.15, 0.2) is 0 Å². The molecule has 0 aliphatic carbocycles. The average molecular weight is 207 g/mol. The highest BCUT2D eigenvalue weighted by atomic mass is 16.2.